The molecule has 0 radical (unpaired) electrons. The van der Waals surface area contributed by atoms with E-state index < -0.39 is 0 Å². The zero-order chi connectivity index (χ0) is 10.4. The van der Waals surface area contributed by atoms with Crippen molar-refractivity contribution < 1.29 is 9.53 Å². The molecule has 1 atom stereocenters. The van der Waals surface area contributed by atoms with Crippen molar-refractivity contribution >= 4 is 5.97 Å². The van der Waals surface area contributed by atoms with Crippen LogP contribution in [0.2, 0.25) is 0 Å². The summed E-state index contributed by atoms with van der Waals surface area (Å²) in [6, 6.07) is 0. The number of esters is 1. The highest BCUT2D eigenvalue weighted by atomic mass is 16.5. The summed E-state index contributed by atoms with van der Waals surface area (Å²) in [4.78, 5) is 11.5. The third kappa shape index (κ3) is 3.17. The van der Waals surface area contributed by atoms with Crippen molar-refractivity contribution in [1.82, 2.24) is 0 Å². The number of rotatable bonds is 4. The van der Waals surface area contributed by atoms with E-state index in [4.69, 9.17) is 4.74 Å². The van der Waals surface area contributed by atoms with Crippen LogP contribution >= 0.6 is 0 Å². The van der Waals surface area contributed by atoms with Crippen LogP contribution in [0.4, 0.5) is 0 Å². The molecule has 2 heteroatoms. The van der Waals surface area contributed by atoms with Crippen LogP contribution in [0.15, 0.2) is 12.7 Å². The van der Waals surface area contributed by atoms with Crippen molar-refractivity contribution in [3.8, 4) is 0 Å². The number of hydrogen-bond donors (Lipinski definition) is 0. The standard InChI is InChI=1S/C12H20O2/c1-3-9-14-12(13)10(2)11-7-5-4-6-8-11/h3,10-11H,1,4-9H2,2H3. The minimum Gasteiger partial charge on any atom is -0.461 e. The molecular weight excluding hydrogens is 176 g/mol. The lowest BCUT2D eigenvalue weighted by Gasteiger charge is -2.25. The van der Waals surface area contributed by atoms with Crippen molar-refractivity contribution in [2.75, 3.05) is 6.61 Å². The Labute approximate surface area is 86.3 Å². The molecule has 80 valence electrons. The first kappa shape index (κ1) is 11.3. The van der Waals surface area contributed by atoms with Gasteiger partial charge in [0.05, 0.1) is 5.92 Å². The molecule has 0 aromatic heterocycles. The van der Waals surface area contributed by atoms with Gasteiger partial charge in [-0.2, -0.15) is 0 Å². The van der Waals surface area contributed by atoms with E-state index in [0.29, 0.717) is 12.5 Å². The Kier molecular flexibility index (Phi) is 4.71. The monoisotopic (exact) mass is 196 g/mol. The third-order valence-corrected chi connectivity index (χ3v) is 3.07. The second-order valence-corrected chi connectivity index (χ2v) is 4.11. The van der Waals surface area contributed by atoms with E-state index in [1.807, 2.05) is 6.92 Å². The maximum atomic E-state index is 11.5. The first-order valence-electron chi connectivity index (χ1n) is 5.53. The van der Waals surface area contributed by atoms with Crippen molar-refractivity contribution in [2.45, 2.75) is 39.0 Å². The van der Waals surface area contributed by atoms with Crippen molar-refractivity contribution in [3.05, 3.63) is 12.7 Å². The van der Waals surface area contributed by atoms with Gasteiger partial charge >= 0.3 is 5.97 Å². The molecule has 0 bridgehead atoms. The topological polar surface area (TPSA) is 26.3 Å². The Hall–Kier alpha value is -0.790. The molecule has 1 saturated carbocycles. The van der Waals surface area contributed by atoms with Crippen molar-refractivity contribution in [1.29, 1.82) is 0 Å². The number of carbonyl (C=O) groups excluding carboxylic acids is 1. The van der Waals surface area contributed by atoms with Gasteiger partial charge in [-0.3, -0.25) is 4.79 Å². The van der Waals surface area contributed by atoms with E-state index >= 15 is 0 Å². The minimum atomic E-state index is -0.0585. The summed E-state index contributed by atoms with van der Waals surface area (Å²) in [6.45, 7) is 5.86. The lowest BCUT2D eigenvalue weighted by molar-refractivity contribution is -0.149. The molecule has 1 unspecified atom stereocenters. The average molecular weight is 196 g/mol. The molecule has 1 fully saturated rings. The highest BCUT2D eigenvalue weighted by molar-refractivity contribution is 5.72. The van der Waals surface area contributed by atoms with Gasteiger partial charge in [0.2, 0.25) is 0 Å². The van der Waals surface area contributed by atoms with Gasteiger partial charge in [-0.15, -0.1) is 0 Å². The predicted octanol–water partition coefficient (Wildman–Crippen LogP) is 2.93. The predicted molar refractivity (Wildman–Crippen MR) is 56.9 cm³/mol. The summed E-state index contributed by atoms with van der Waals surface area (Å²) in [5, 5.41) is 0. The summed E-state index contributed by atoms with van der Waals surface area (Å²) in [7, 11) is 0. The van der Waals surface area contributed by atoms with Crippen LogP contribution in [-0.4, -0.2) is 12.6 Å². The van der Waals surface area contributed by atoms with Crippen LogP contribution in [0.5, 0.6) is 0 Å². The van der Waals surface area contributed by atoms with Gasteiger partial charge in [0.15, 0.2) is 0 Å². The lowest BCUT2D eigenvalue weighted by Crippen LogP contribution is -2.25. The second kappa shape index (κ2) is 5.84. The zero-order valence-corrected chi connectivity index (χ0v) is 9.00. The molecule has 0 spiro atoms. The number of carbonyl (C=O) groups is 1. The van der Waals surface area contributed by atoms with E-state index in [-0.39, 0.29) is 11.9 Å². The summed E-state index contributed by atoms with van der Waals surface area (Å²) in [5.41, 5.74) is 0. The highest BCUT2D eigenvalue weighted by Crippen LogP contribution is 2.30. The van der Waals surface area contributed by atoms with Gasteiger partial charge in [-0.05, 0) is 18.8 Å². The minimum absolute atomic E-state index is 0.0585. The van der Waals surface area contributed by atoms with Crippen LogP contribution in [-0.2, 0) is 9.53 Å². The maximum absolute atomic E-state index is 11.5. The molecule has 1 aliphatic rings. The van der Waals surface area contributed by atoms with Crippen LogP contribution in [0, 0.1) is 11.8 Å². The van der Waals surface area contributed by atoms with Crippen LogP contribution in [0.1, 0.15) is 39.0 Å². The molecule has 1 aliphatic carbocycles. The molecule has 0 aromatic carbocycles. The molecule has 0 saturated heterocycles. The normalized spacial score (nSPS) is 20.1. The van der Waals surface area contributed by atoms with Gasteiger partial charge in [-0.25, -0.2) is 0 Å². The summed E-state index contributed by atoms with van der Waals surface area (Å²) in [5.74, 6) is 0.549. The Morgan fingerprint density at radius 1 is 1.50 bits per heavy atom. The smallest absolute Gasteiger partial charge is 0.309 e. The molecule has 0 amide bonds. The van der Waals surface area contributed by atoms with E-state index in [2.05, 4.69) is 6.58 Å². The fourth-order valence-corrected chi connectivity index (χ4v) is 2.10. The van der Waals surface area contributed by atoms with E-state index in [1.165, 1.54) is 32.1 Å². The van der Waals surface area contributed by atoms with Gasteiger partial charge in [-0.1, -0.05) is 38.8 Å². The van der Waals surface area contributed by atoms with E-state index in [0.717, 1.165) is 0 Å². The quantitative estimate of drug-likeness (QED) is 0.510. The lowest BCUT2D eigenvalue weighted by atomic mass is 9.81. The zero-order valence-electron chi connectivity index (χ0n) is 9.00. The summed E-state index contributed by atoms with van der Waals surface area (Å²) in [6.07, 6.45) is 7.85. The third-order valence-electron chi connectivity index (χ3n) is 3.07. The van der Waals surface area contributed by atoms with Gasteiger partial charge in [0, 0.05) is 0 Å². The molecular formula is C12H20O2. The maximum Gasteiger partial charge on any atom is 0.309 e. The van der Waals surface area contributed by atoms with Gasteiger partial charge in [0.1, 0.15) is 6.61 Å². The van der Waals surface area contributed by atoms with Crippen LogP contribution < -0.4 is 0 Å². The first-order valence-corrected chi connectivity index (χ1v) is 5.53. The fourth-order valence-electron chi connectivity index (χ4n) is 2.10. The van der Waals surface area contributed by atoms with E-state index in [9.17, 15) is 4.79 Å². The van der Waals surface area contributed by atoms with Crippen LogP contribution in [0.25, 0.3) is 0 Å². The molecule has 0 aliphatic heterocycles. The Morgan fingerprint density at radius 3 is 2.71 bits per heavy atom. The van der Waals surface area contributed by atoms with Gasteiger partial charge < -0.3 is 4.74 Å². The molecule has 1 rings (SSSR count). The molecule has 0 aromatic rings. The molecule has 14 heavy (non-hydrogen) atoms. The molecule has 2 nitrogen and oxygen atoms in total. The largest absolute Gasteiger partial charge is 0.461 e. The Balaban J connectivity index is 2.33. The van der Waals surface area contributed by atoms with Crippen molar-refractivity contribution in [3.63, 3.8) is 0 Å². The average Bonchev–Trinajstić information content (AvgIpc) is 2.26. The Bertz CT molecular complexity index is 192. The molecule has 0 heterocycles. The summed E-state index contributed by atoms with van der Waals surface area (Å²) >= 11 is 0. The first-order chi connectivity index (χ1) is 6.75. The highest BCUT2D eigenvalue weighted by Gasteiger charge is 2.26. The Morgan fingerprint density at radius 2 is 2.14 bits per heavy atom. The fraction of sp³-hybridized carbons (Fsp3) is 0.750. The van der Waals surface area contributed by atoms with Gasteiger partial charge in [0.25, 0.3) is 0 Å². The van der Waals surface area contributed by atoms with Crippen LogP contribution in [0.3, 0.4) is 0 Å². The summed E-state index contributed by atoms with van der Waals surface area (Å²) < 4.78 is 5.05. The molecule has 0 N–H and O–H groups in total. The van der Waals surface area contributed by atoms with Crippen molar-refractivity contribution in [2.24, 2.45) is 11.8 Å². The second-order valence-electron chi connectivity index (χ2n) is 4.11. The number of hydrogen-bond acceptors (Lipinski definition) is 2. The van der Waals surface area contributed by atoms with E-state index in [1.54, 1.807) is 6.08 Å². The number of ether oxygens (including phenoxy) is 1. The SMILES string of the molecule is C=CCOC(=O)C(C)C1CCCCC1.